The highest BCUT2D eigenvalue weighted by Gasteiger charge is 2.41. The highest BCUT2D eigenvalue weighted by Crippen LogP contribution is 2.40. The fourth-order valence-electron chi connectivity index (χ4n) is 2.90. The summed E-state index contributed by atoms with van der Waals surface area (Å²) in [5, 5.41) is 0.665. The molecule has 0 saturated carbocycles. The van der Waals surface area contributed by atoms with Crippen molar-refractivity contribution < 1.29 is 14.3 Å². The number of fused-ring (bicyclic) bond motifs is 1. The molecule has 25 heavy (non-hydrogen) atoms. The molecule has 1 amide bonds. The third-order valence-electron chi connectivity index (χ3n) is 3.96. The minimum absolute atomic E-state index is 0.0107. The van der Waals surface area contributed by atoms with Gasteiger partial charge in [0, 0.05) is 15.7 Å². The van der Waals surface area contributed by atoms with E-state index >= 15 is 0 Å². The van der Waals surface area contributed by atoms with Gasteiger partial charge in [0.25, 0.3) is 0 Å². The number of halogens is 1. The Kier molecular flexibility index (Phi) is 5.52. The summed E-state index contributed by atoms with van der Waals surface area (Å²) in [6.07, 6.45) is 0.206. The van der Waals surface area contributed by atoms with Crippen molar-refractivity contribution >= 4 is 51.4 Å². The zero-order valence-electron chi connectivity index (χ0n) is 14.3. The Morgan fingerprint density at radius 1 is 1.36 bits per heavy atom. The second kappa shape index (κ2) is 7.49. The molecule has 0 N–H and O–H groups in total. The predicted molar refractivity (Wildman–Crippen MR) is 107 cm³/mol. The Hall–Kier alpha value is -1.35. The number of hydrogen-bond acceptors (Lipinski definition) is 5. The molecule has 2 aliphatic heterocycles. The maximum atomic E-state index is 12.8. The average molecular weight is 470 g/mol. The SMILES string of the molecule is CC1=C(C(=O)OC(C)C)[C@@H](c2ccc(I)cc2)N2C(=O)CCSC2=N1. The van der Waals surface area contributed by atoms with Crippen LogP contribution < -0.4 is 0 Å². The number of amidine groups is 1. The van der Waals surface area contributed by atoms with Crippen molar-refractivity contribution in [1.29, 1.82) is 0 Å². The Morgan fingerprint density at radius 2 is 2.04 bits per heavy atom. The van der Waals surface area contributed by atoms with Crippen LogP contribution >= 0.6 is 34.4 Å². The van der Waals surface area contributed by atoms with Crippen molar-refractivity contribution in [3.63, 3.8) is 0 Å². The lowest BCUT2D eigenvalue weighted by Gasteiger charge is -2.39. The van der Waals surface area contributed by atoms with Crippen molar-refractivity contribution in [2.75, 3.05) is 5.75 Å². The minimum atomic E-state index is -0.490. The molecule has 132 valence electrons. The van der Waals surface area contributed by atoms with Gasteiger partial charge in [-0.25, -0.2) is 9.79 Å². The molecule has 1 saturated heterocycles. The Labute approximate surface area is 165 Å². The number of aliphatic imine (C=N–C) groups is 1. The smallest absolute Gasteiger partial charge is 0.338 e. The monoisotopic (exact) mass is 470 g/mol. The summed E-state index contributed by atoms with van der Waals surface area (Å²) in [6, 6.07) is 7.37. The van der Waals surface area contributed by atoms with Crippen molar-refractivity contribution in [2.24, 2.45) is 4.99 Å². The lowest BCUT2D eigenvalue weighted by Crippen LogP contribution is -2.46. The molecule has 1 atom stereocenters. The standard InChI is InChI=1S/C18H19IN2O3S/c1-10(2)24-17(23)15-11(3)20-18-21(14(22)8-9-25-18)16(15)12-4-6-13(19)7-5-12/h4-7,10,16H,8-9H2,1-3H3/t16-/m1/s1. The molecule has 0 aliphatic carbocycles. The molecule has 1 aromatic rings. The Morgan fingerprint density at radius 3 is 2.68 bits per heavy atom. The quantitative estimate of drug-likeness (QED) is 0.497. The van der Waals surface area contributed by atoms with E-state index in [2.05, 4.69) is 27.6 Å². The van der Waals surface area contributed by atoms with Crippen molar-refractivity contribution in [2.45, 2.75) is 39.3 Å². The first-order valence-electron chi connectivity index (χ1n) is 8.09. The zero-order chi connectivity index (χ0) is 18.1. The summed E-state index contributed by atoms with van der Waals surface area (Å²) in [4.78, 5) is 31.6. The van der Waals surface area contributed by atoms with Crippen LogP contribution in [-0.4, -0.2) is 33.8 Å². The number of rotatable bonds is 3. The maximum absolute atomic E-state index is 12.8. The number of ether oxygens (including phenoxy) is 1. The third kappa shape index (κ3) is 3.76. The summed E-state index contributed by atoms with van der Waals surface area (Å²) >= 11 is 3.79. The van der Waals surface area contributed by atoms with Crippen molar-refractivity contribution in [1.82, 2.24) is 4.90 Å². The number of amides is 1. The van der Waals surface area contributed by atoms with E-state index in [0.717, 1.165) is 9.13 Å². The van der Waals surface area contributed by atoms with E-state index in [-0.39, 0.29) is 12.0 Å². The van der Waals surface area contributed by atoms with Gasteiger partial charge in [0.15, 0.2) is 5.17 Å². The van der Waals surface area contributed by atoms with Crippen LogP contribution in [0.4, 0.5) is 0 Å². The van der Waals surface area contributed by atoms with E-state index in [1.165, 1.54) is 0 Å². The number of nitrogens with zero attached hydrogens (tertiary/aromatic N) is 2. The Balaban J connectivity index is 2.12. The van der Waals surface area contributed by atoms with E-state index in [0.29, 0.717) is 28.6 Å². The lowest BCUT2D eigenvalue weighted by atomic mass is 9.94. The topological polar surface area (TPSA) is 59.0 Å². The van der Waals surface area contributed by atoms with Crippen LogP contribution in [0.15, 0.2) is 40.5 Å². The fraction of sp³-hybridized carbons (Fsp3) is 0.389. The van der Waals surface area contributed by atoms with Crippen LogP contribution in [0.5, 0.6) is 0 Å². The largest absolute Gasteiger partial charge is 0.459 e. The van der Waals surface area contributed by atoms with Gasteiger partial charge < -0.3 is 4.74 Å². The Bertz CT molecular complexity index is 771. The van der Waals surface area contributed by atoms with Crippen LogP contribution in [0.3, 0.4) is 0 Å². The average Bonchev–Trinajstić information content (AvgIpc) is 2.53. The minimum Gasteiger partial charge on any atom is -0.459 e. The molecule has 5 nitrogen and oxygen atoms in total. The van der Waals surface area contributed by atoms with Crippen LogP contribution in [0.25, 0.3) is 0 Å². The van der Waals surface area contributed by atoms with Crippen LogP contribution in [0.2, 0.25) is 0 Å². The first-order chi connectivity index (χ1) is 11.9. The van der Waals surface area contributed by atoms with Gasteiger partial charge in [-0.15, -0.1) is 0 Å². The molecule has 3 rings (SSSR count). The van der Waals surface area contributed by atoms with Gasteiger partial charge in [-0.1, -0.05) is 23.9 Å². The molecule has 1 aromatic carbocycles. The summed E-state index contributed by atoms with van der Waals surface area (Å²) < 4.78 is 6.53. The van der Waals surface area contributed by atoms with Gasteiger partial charge in [-0.05, 0) is 61.1 Å². The zero-order valence-corrected chi connectivity index (χ0v) is 17.3. The lowest BCUT2D eigenvalue weighted by molar-refractivity contribution is -0.143. The van der Waals surface area contributed by atoms with E-state index in [4.69, 9.17) is 4.74 Å². The van der Waals surface area contributed by atoms with Gasteiger partial charge in [0.05, 0.1) is 23.4 Å². The number of benzene rings is 1. The third-order valence-corrected chi connectivity index (χ3v) is 5.63. The fourth-order valence-corrected chi connectivity index (χ4v) is 4.26. The number of esters is 1. The highest BCUT2D eigenvalue weighted by atomic mass is 127. The number of hydrogen-bond donors (Lipinski definition) is 0. The van der Waals surface area contributed by atoms with Gasteiger partial charge in [0.1, 0.15) is 0 Å². The summed E-state index contributed by atoms with van der Waals surface area (Å²) in [5.74, 6) is 0.290. The van der Waals surface area contributed by atoms with Crippen LogP contribution in [0, 0.1) is 3.57 Å². The molecule has 0 radical (unpaired) electrons. The summed E-state index contributed by atoms with van der Waals surface area (Å²) in [6.45, 7) is 5.43. The molecule has 2 aliphatic rings. The molecule has 2 heterocycles. The first-order valence-corrected chi connectivity index (χ1v) is 10.2. The summed E-state index contributed by atoms with van der Waals surface area (Å²) in [5.41, 5.74) is 1.94. The molecular formula is C18H19IN2O3S. The van der Waals surface area contributed by atoms with Gasteiger partial charge >= 0.3 is 5.97 Å². The van der Waals surface area contributed by atoms with Crippen molar-refractivity contribution in [3.8, 4) is 0 Å². The molecule has 0 spiro atoms. The molecular weight excluding hydrogens is 451 g/mol. The number of carbonyl (C=O) groups excluding carboxylic acids is 2. The van der Waals surface area contributed by atoms with E-state index in [9.17, 15) is 9.59 Å². The van der Waals surface area contributed by atoms with Gasteiger partial charge in [0.2, 0.25) is 5.91 Å². The van der Waals surface area contributed by atoms with E-state index < -0.39 is 12.0 Å². The number of carbonyl (C=O) groups is 2. The second-order valence-corrected chi connectivity index (χ2v) is 8.47. The number of thioether (sulfide) groups is 1. The van der Waals surface area contributed by atoms with Crippen molar-refractivity contribution in [3.05, 3.63) is 44.7 Å². The normalized spacial score (nSPS) is 20.5. The maximum Gasteiger partial charge on any atom is 0.338 e. The summed E-state index contributed by atoms with van der Waals surface area (Å²) in [7, 11) is 0. The number of allylic oxidation sites excluding steroid dienone is 1. The molecule has 0 aromatic heterocycles. The molecule has 7 heteroatoms. The van der Waals surface area contributed by atoms with Gasteiger partial charge in [-0.2, -0.15) is 0 Å². The molecule has 0 unspecified atom stereocenters. The highest BCUT2D eigenvalue weighted by molar-refractivity contribution is 14.1. The van der Waals surface area contributed by atoms with E-state index in [1.54, 1.807) is 23.6 Å². The van der Waals surface area contributed by atoms with Crippen LogP contribution in [0.1, 0.15) is 38.8 Å². The predicted octanol–water partition coefficient (Wildman–Crippen LogP) is 3.89. The van der Waals surface area contributed by atoms with Gasteiger partial charge in [-0.3, -0.25) is 9.69 Å². The van der Waals surface area contributed by atoms with E-state index in [1.807, 2.05) is 38.1 Å². The first kappa shape index (κ1) is 18.4. The second-order valence-electron chi connectivity index (χ2n) is 6.16. The molecule has 1 fully saturated rings. The van der Waals surface area contributed by atoms with Crippen LogP contribution in [-0.2, 0) is 14.3 Å². The molecule has 0 bridgehead atoms.